The van der Waals surface area contributed by atoms with E-state index in [0.29, 0.717) is 6.61 Å². The molecule has 0 aromatic heterocycles. The first-order valence-corrected chi connectivity index (χ1v) is 13.0. The number of carbonyl (C=O) groups is 1. The zero-order valence-corrected chi connectivity index (χ0v) is 19.1. The summed E-state index contributed by atoms with van der Waals surface area (Å²) in [4.78, 5) is 19.3. The molecule has 0 heterocycles. The van der Waals surface area contributed by atoms with Gasteiger partial charge in [0.15, 0.2) is 6.29 Å². The summed E-state index contributed by atoms with van der Waals surface area (Å²) < 4.78 is 20.3. The first kappa shape index (κ1) is 28.5. The van der Waals surface area contributed by atoms with Crippen LogP contribution < -0.4 is 0 Å². The average molecular weight is 439 g/mol. The summed E-state index contributed by atoms with van der Waals surface area (Å²) in [6.45, 7) is 2.34. The zero-order chi connectivity index (χ0) is 21.8. The average Bonchev–Trinajstić information content (AvgIpc) is 2.66. The molecular formula is C21H43O7P. The van der Waals surface area contributed by atoms with Gasteiger partial charge in [-0.2, -0.15) is 0 Å². The zero-order valence-electron chi connectivity index (χ0n) is 18.2. The van der Waals surface area contributed by atoms with E-state index < -0.39 is 19.6 Å². The third-order valence-electron chi connectivity index (χ3n) is 4.91. The van der Waals surface area contributed by atoms with E-state index in [2.05, 4.69) is 11.4 Å². The lowest BCUT2D eigenvalue weighted by molar-refractivity contribution is -0.0810. The monoisotopic (exact) mass is 438 g/mol. The Kier molecular flexibility index (Phi) is 19.2. The summed E-state index contributed by atoms with van der Waals surface area (Å²) in [6.07, 6.45) is 18.8. The molecule has 0 fully saturated rings. The maximum Gasteiger partial charge on any atom is 0.438 e. The molecule has 8 heteroatoms. The van der Waals surface area contributed by atoms with Gasteiger partial charge in [0.25, 0.3) is 0 Å². The number of hydrogen-bond acceptors (Lipinski definition) is 5. The van der Waals surface area contributed by atoms with Crippen LogP contribution >= 0.6 is 7.60 Å². The third kappa shape index (κ3) is 19.3. The molecule has 174 valence electrons. The van der Waals surface area contributed by atoms with Crippen molar-refractivity contribution in [3.05, 3.63) is 0 Å². The molecule has 29 heavy (non-hydrogen) atoms. The summed E-state index contributed by atoms with van der Waals surface area (Å²) in [5.74, 6) is 0. The van der Waals surface area contributed by atoms with Crippen LogP contribution in [0.2, 0.25) is 0 Å². The lowest BCUT2D eigenvalue weighted by Crippen LogP contribution is -2.19. The summed E-state index contributed by atoms with van der Waals surface area (Å²) >= 11 is 0. The Balaban J connectivity index is 3.24. The lowest BCUT2D eigenvalue weighted by atomic mass is 10.0. The van der Waals surface area contributed by atoms with E-state index in [9.17, 15) is 14.5 Å². The largest absolute Gasteiger partial charge is 0.472 e. The van der Waals surface area contributed by atoms with Crippen LogP contribution in [0.25, 0.3) is 0 Å². The minimum atomic E-state index is -4.83. The summed E-state index contributed by atoms with van der Waals surface area (Å²) in [5.41, 5.74) is -1.99. The standard InChI is InChI=1S/C21H43O7P/c1-2-3-4-5-6-7-8-9-10-11-12-13-14-15-16-17-18-27-19-20(22)28-29(25,26)21(23)24/h20,22H,2-19H2,1H3,(H,23,24)(H,25,26). The second kappa shape index (κ2) is 19.5. The molecule has 0 aliphatic carbocycles. The molecule has 0 aromatic carbocycles. The smallest absolute Gasteiger partial charge is 0.438 e. The molecule has 0 spiro atoms. The van der Waals surface area contributed by atoms with Crippen molar-refractivity contribution in [2.45, 2.75) is 116 Å². The fourth-order valence-electron chi connectivity index (χ4n) is 3.18. The van der Waals surface area contributed by atoms with Gasteiger partial charge in [-0.05, 0) is 6.42 Å². The SMILES string of the molecule is CCCCCCCCCCCCCCCCCCOCC(O)OP(=O)(O)C(=O)O. The molecule has 0 bridgehead atoms. The van der Waals surface area contributed by atoms with Gasteiger partial charge in [0.1, 0.15) is 0 Å². The van der Waals surface area contributed by atoms with Crippen molar-refractivity contribution in [1.29, 1.82) is 0 Å². The van der Waals surface area contributed by atoms with Gasteiger partial charge in [0, 0.05) is 6.61 Å². The Labute approximate surface area is 176 Å². The third-order valence-corrected chi connectivity index (χ3v) is 5.92. The maximum atomic E-state index is 11.0. The number of rotatable bonds is 22. The lowest BCUT2D eigenvalue weighted by Gasteiger charge is -2.13. The molecule has 0 aliphatic rings. The van der Waals surface area contributed by atoms with Crippen molar-refractivity contribution in [3.8, 4) is 0 Å². The minimum absolute atomic E-state index is 0.323. The highest BCUT2D eigenvalue weighted by atomic mass is 31.2. The molecule has 0 rings (SSSR count). The van der Waals surface area contributed by atoms with Gasteiger partial charge in [-0.25, -0.2) is 9.36 Å². The molecule has 0 aromatic rings. The first-order valence-electron chi connectivity index (χ1n) is 11.4. The number of unbranched alkanes of at least 4 members (excludes halogenated alkanes) is 15. The van der Waals surface area contributed by atoms with Crippen LogP contribution in [0.5, 0.6) is 0 Å². The molecule has 0 saturated heterocycles. The molecule has 3 N–H and O–H groups in total. The van der Waals surface area contributed by atoms with E-state index in [1.165, 1.54) is 83.5 Å². The first-order chi connectivity index (χ1) is 13.9. The quantitative estimate of drug-likeness (QED) is 0.101. The van der Waals surface area contributed by atoms with Gasteiger partial charge >= 0.3 is 13.3 Å². The van der Waals surface area contributed by atoms with Crippen molar-refractivity contribution in [1.82, 2.24) is 0 Å². The fraction of sp³-hybridized carbons (Fsp3) is 0.952. The highest BCUT2D eigenvalue weighted by molar-refractivity contribution is 7.70. The van der Waals surface area contributed by atoms with Gasteiger partial charge in [-0.3, -0.25) is 4.52 Å². The molecular weight excluding hydrogens is 395 g/mol. The van der Waals surface area contributed by atoms with Crippen LogP contribution in [0, 0.1) is 0 Å². The van der Waals surface area contributed by atoms with Crippen molar-refractivity contribution < 1.29 is 33.7 Å². The van der Waals surface area contributed by atoms with Crippen molar-refractivity contribution in [3.63, 3.8) is 0 Å². The Morgan fingerprint density at radius 1 is 0.793 bits per heavy atom. The molecule has 0 amide bonds. The van der Waals surface area contributed by atoms with Crippen LogP contribution in [0.4, 0.5) is 4.79 Å². The van der Waals surface area contributed by atoms with Gasteiger partial charge in [0.05, 0.1) is 6.61 Å². The number of carboxylic acid groups (broad SMARTS) is 1. The molecule has 0 radical (unpaired) electrons. The van der Waals surface area contributed by atoms with Crippen molar-refractivity contribution in [2.75, 3.05) is 13.2 Å². The predicted octanol–water partition coefficient (Wildman–Crippen LogP) is 6.46. The molecule has 2 unspecified atom stereocenters. The van der Waals surface area contributed by atoms with Gasteiger partial charge < -0.3 is 19.8 Å². The molecule has 2 atom stereocenters. The van der Waals surface area contributed by atoms with E-state index in [0.717, 1.165) is 19.3 Å². The molecule has 7 nitrogen and oxygen atoms in total. The Morgan fingerprint density at radius 2 is 1.17 bits per heavy atom. The maximum absolute atomic E-state index is 11.0. The van der Waals surface area contributed by atoms with Crippen LogP contribution in [-0.2, 0) is 13.8 Å². The Morgan fingerprint density at radius 3 is 1.55 bits per heavy atom. The van der Waals surface area contributed by atoms with Crippen molar-refractivity contribution in [2.24, 2.45) is 0 Å². The number of ether oxygens (including phenoxy) is 1. The van der Waals surface area contributed by atoms with Crippen LogP contribution in [0.3, 0.4) is 0 Å². The van der Waals surface area contributed by atoms with E-state index in [-0.39, 0.29) is 6.61 Å². The van der Waals surface area contributed by atoms with Crippen LogP contribution in [-0.4, -0.2) is 40.3 Å². The number of aliphatic hydroxyl groups is 1. The predicted molar refractivity (Wildman–Crippen MR) is 115 cm³/mol. The Bertz CT molecular complexity index is 431. The molecule has 0 aliphatic heterocycles. The molecule has 0 saturated carbocycles. The topological polar surface area (TPSA) is 113 Å². The van der Waals surface area contributed by atoms with E-state index in [1.807, 2.05) is 0 Å². The Hall–Kier alpha value is -0.460. The second-order valence-electron chi connectivity index (χ2n) is 7.74. The van der Waals surface area contributed by atoms with Gasteiger partial charge in [0.2, 0.25) is 0 Å². The highest BCUT2D eigenvalue weighted by Crippen LogP contribution is 2.43. The summed E-state index contributed by atoms with van der Waals surface area (Å²) in [7, 11) is -4.83. The van der Waals surface area contributed by atoms with Crippen molar-refractivity contribution >= 4 is 13.3 Å². The van der Waals surface area contributed by atoms with Crippen LogP contribution in [0.1, 0.15) is 110 Å². The van der Waals surface area contributed by atoms with Gasteiger partial charge in [-0.1, -0.05) is 103 Å². The minimum Gasteiger partial charge on any atom is -0.472 e. The number of hydrogen-bond donors (Lipinski definition) is 3. The second-order valence-corrected chi connectivity index (χ2v) is 9.38. The number of aliphatic hydroxyl groups excluding tert-OH is 1. The summed E-state index contributed by atoms with van der Waals surface area (Å²) in [6, 6.07) is 0. The van der Waals surface area contributed by atoms with Gasteiger partial charge in [-0.15, -0.1) is 0 Å². The summed E-state index contributed by atoms with van der Waals surface area (Å²) in [5, 5.41) is 17.8. The van der Waals surface area contributed by atoms with E-state index in [4.69, 9.17) is 14.7 Å². The highest BCUT2D eigenvalue weighted by Gasteiger charge is 2.33. The van der Waals surface area contributed by atoms with E-state index >= 15 is 0 Å². The fourth-order valence-corrected chi connectivity index (χ4v) is 3.66. The van der Waals surface area contributed by atoms with E-state index in [1.54, 1.807) is 0 Å². The normalized spacial score (nSPS) is 14.6. The van der Waals surface area contributed by atoms with Crippen LogP contribution in [0.15, 0.2) is 0 Å².